The average molecular weight is 145 g/mol. The van der Waals surface area contributed by atoms with Gasteiger partial charge in [-0.1, -0.05) is 6.07 Å². The monoisotopic (exact) mass is 145 g/mol. The molecule has 1 aromatic heterocycles. The second-order valence-electron chi connectivity index (χ2n) is 1.89. The molecule has 54 valence electrons. The summed E-state index contributed by atoms with van der Waals surface area (Å²) in [6.07, 6.45) is 1.58. The molecule has 1 N–H and O–H groups in total. The Morgan fingerprint density at radius 2 is 2.27 bits per heavy atom. The van der Waals surface area contributed by atoms with Crippen molar-refractivity contribution in [3.8, 4) is 0 Å². The van der Waals surface area contributed by atoms with Crippen LogP contribution in [0, 0.1) is 0 Å². The predicted octanol–water partition coefficient (Wildman–Crippen LogP) is 0.0602. The molecular formula is C7H8LiNO2. The molecule has 0 unspecified atom stereocenters. The SMILES string of the molecule is O=C(O)Cc1ccccn1.[LiH]. The number of aromatic nitrogens is 1. The van der Waals surface area contributed by atoms with E-state index in [9.17, 15) is 4.79 Å². The summed E-state index contributed by atoms with van der Waals surface area (Å²) in [5, 5.41) is 8.33. The van der Waals surface area contributed by atoms with Crippen molar-refractivity contribution in [2.24, 2.45) is 0 Å². The molecule has 0 aliphatic heterocycles. The van der Waals surface area contributed by atoms with Crippen LogP contribution in [0.5, 0.6) is 0 Å². The summed E-state index contributed by atoms with van der Waals surface area (Å²) >= 11 is 0. The van der Waals surface area contributed by atoms with Crippen LogP contribution in [0.1, 0.15) is 5.69 Å². The van der Waals surface area contributed by atoms with Crippen molar-refractivity contribution >= 4 is 24.8 Å². The number of carbonyl (C=O) groups is 1. The Bertz CT molecular complexity index is 225. The van der Waals surface area contributed by atoms with Crippen LogP contribution in [-0.4, -0.2) is 34.9 Å². The van der Waals surface area contributed by atoms with Gasteiger partial charge in [0.25, 0.3) is 0 Å². The van der Waals surface area contributed by atoms with Gasteiger partial charge >= 0.3 is 24.8 Å². The Kier molecular flexibility index (Phi) is 4.59. The number of rotatable bonds is 2. The van der Waals surface area contributed by atoms with Crippen LogP contribution in [0.3, 0.4) is 0 Å². The number of aliphatic carboxylic acids is 1. The molecule has 0 aromatic carbocycles. The summed E-state index contributed by atoms with van der Waals surface area (Å²) in [5.74, 6) is -0.848. The summed E-state index contributed by atoms with van der Waals surface area (Å²) in [7, 11) is 0. The first-order chi connectivity index (χ1) is 4.79. The maximum atomic E-state index is 10.1. The summed E-state index contributed by atoms with van der Waals surface area (Å²) in [6, 6.07) is 5.21. The number of carboxylic acids is 1. The molecule has 0 amide bonds. The molecule has 11 heavy (non-hydrogen) atoms. The second-order valence-corrected chi connectivity index (χ2v) is 1.89. The van der Waals surface area contributed by atoms with Gasteiger partial charge in [0.15, 0.2) is 0 Å². The molecule has 4 heteroatoms. The first-order valence-electron chi connectivity index (χ1n) is 2.91. The molecule has 0 spiro atoms. The first-order valence-corrected chi connectivity index (χ1v) is 2.91. The number of nitrogens with zero attached hydrogens (tertiary/aromatic N) is 1. The number of hydrogen-bond donors (Lipinski definition) is 1. The molecule has 1 rings (SSSR count). The normalized spacial score (nSPS) is 8.36. The van der Waals surface area contributed by atoms with E-state index in [2.05, 4.69) is 4.98 Å². The van der Waals surface area contributed by atoms with E-state index < -0.39 is 5.97 Å². The molecule has 0 bridgehead atoms. The minimum absolute atomic E-state index is 0. The van der Waals surface area contributed by atoms with E-state index in [4.69, 9.17) is 5.11 Å². The summed E-state index contributed by atoms with van der Waals surface area (Å²) in [6.45, 7) is 0. The van der Waals surface area contributed by atoms with Gasteiger partial charge in [0, 0.05) is 6.20 Å². The van der Waals surface area contributed by atoms with Gasteiger partial charge in [-0.15, -0.1) is 0 Å². The predicted molar refractivity (Wildman–Crippen MR) is 42.7 cm³/mol. The molecule has 1 heterocycles. The Morgan fingerprint density at radius 1 is 1.55 bits per heavy atom. The van der Waals surface area contributed by atoms with Crippen LogP contribution in [0.2, 0.25) is 0 Å². The number of pyridine rings is 1. The van der Waals surface area contributed by atoms with Gasteiger partial charge in [0.05, 0.1) is 12.1 Å². The topological polar surface area (TPSA) is 50.2 Å². The zero-order valence-electron chi connectivity index (χ0n) is 5.32. The zero-order valence-corrected chi connectivity index (χ0v) is 5.32. The minimum atomic E-state index is -0.848. The Labute approximate surface area is 76.6 Å². The van der Waals surface area contributed by atoms with E-state index in [0.29, 0.717) is 5.69 Å². The van der Waals surface area contributed by atoms with E-state index in [0.717, 1.165) is 0 Å². The Balaban J connectivity index is 0.000001000. The summed E-state index contributed by atoms with van der Waals surface area (Å²) in [5.41, 5.74) is 0.593. The van der Waals surface area contributed by atoms with E-state index in [-0.39, 0.29) is 25.3 Å². The molecule has 0 aliphatic carbocycles. The third-order valence-corrected chi connectivity index (χ3v) is 1.06. The van der Waals surface area contributed by atoms with Crippen LogP contribution in [-0.2, 0) is 11.2 Å². The van der Waals surface area contributed by atoms with Gasteiger partial charge in [-0.05, 0) is 12.1 Å². The third kappa shape index (κ3) is 3.82. The molecule has 0 saturated heterocycles. The number of carboxylic acid groups (broad SMARTS) is 1. The fourth-order valence-corrected chi connectivity index (χ4v) is 0.658. The van der Waals surface area contributed by atoms with Crippen LogP contribution in [0.4, 0.5) is 0 Å². The van der Waals surface area contributed by atoms with Gasteiger partial charge in [-0.25, -0.2) is 0 Å². The average Bonchev–Trinajstić information content (AvgIpc) is 1.88. The van der Waals surface area contributed by atoms with Crippen molar-refractivity contribution < 1.29 is 9.90 Å². The molecule has 3 nitrogen and oxygen atoms in total. The van der Waals surface area contributed by atoms with E-state index in [1.807, 2.05) is 0 Å². The van der Waals surface area contributed by atoms with E-state index in [1.54, 1.807) is 24.4 Å². The Hall–Kier alpha value is -0.783. The fourth-order valence-electron chi connectivity index (χ4n) is 0.658. The van der Waals surface area contributed by atoms with Gasteiger partial charge in [0.1, 0.15) is 0 Å². The van der Waals surface area contributed by atoms with Crippen molar-refractivity contribution in [1.29, 1.82) is 0 Å². The van der Waals surface area contributed by atoms with Crippen molar-refractivity contribution in [3.05, 3.63) is 30.1 Å². The number of hydrogen-bond acceptors (Lipinski definition) is 2. The molecular weight excluding hydrogens is 137 g/mol. The second kappa shape index (κ2) is 4.95. The molecule has 0 atom stereocenters. The van der Waals surface area contributed by atoms with E-state index in [1.165, 1.54) is 0 Å². The fraction of sp³-hybridized carbons (Fsp3) is 0.143. The molecule has 1 aromatic rings. The van der Waals surface area contributed by atoms with Crippen LogP contribution >= 0.6 is 0 Å². The van der Waals surface area contributed by atoms with Crippen molar-refractivity contribution in [2.75, 3.05) is 0 Å². The molecule has 0 fully saturated rings. The van der Waals surface area contributed by atoms with E-state index >= 15 is 0 Å². The summed E-state index contributed by atoms with van der Waals surface area (Å²) < 4.78 is 0. The van der Waals surface area contributed by atoms with Crippen molar-refractivity contribution in [2.45, 2.75) is 6.42 Å². The van der Waals surface area contributed by atoms with Gasteiger partial charge in [0.2, 0.25) is 0 Å². The summed E-state index contributed by atoms with van der Waals surface area (Å²) in [4.78, 5) is 14.0. The molecule has 0 saturated carbocycles. The van der Waals surface area contributed by atoms with Gasteiger partial charge in [-0.3, -0.25) is 9.78 Å². The van der Waals surface area contributed by atoms with Crippen LogP contribution < -0.4 is 0 Å². The molecule has 0 aliphatic rings. The molecule has 0 radical (unpaired) electrons. The third-order valence-electron chi connectivity index (χ3n) is 1.06. The van der Waals surface area contributed by atoms with Crippen molar-refractivity contribution in [1.82, 2.24) is 4.98 Å². The van der Waals surface area contributed by atoms with Gasteiger partial charge < -0.3 is 5.11 Å². The quantitative estimate of drug-likeness (QED) is 0.598. The maximum absolute atomic E-state index is 10.1. The van der Waals surface area contributed by atoms with Crippen LogP contribution in [0.25, 0.3) is 0 Å². The first kappa shape index (κ1) is 10.2. The standard InChI is InChI=1S/C7H7NO2.Li.H/c9-7(10)5-6-3-1-2-4-8-6;;/h1-4H,5H2,(H,9,10);;. The van der Waals surface area contributed by atoms with Crippen LogP contribution in [0.15, 0.2) is 24.4 Å². The van der Waals surface area contributed by atoms with Crippen molar-refractivity contribution in [3.63, 3.8) is 0 Å². The zero-order chi connectivity index (χ0) is 7.40. The Morgan fingerprint density at radius 3 is 2.73 bits per heavy atom. The van der Waals surface area contributed by atoms with Gasteiger partial charge in [-0.2, -0.15) is 0 Å².